The molecule has 1 aromatic heterocycles. The smallest absolute Gasteiger partial charge is 0.224 e. The number of nitrogens with zero attached hydrogens (tertiary/aromatic N) is 1. The van der Waals surface area contributed by atoms with Gasteiger partial charge in [0, 0.05) is 12.0 Å². The summed E-state index contributed by atoms with van der Waals surface area (Å²) in [5.74, 6) is 0.951. The molecule has 4 atom stereocenters. The number of hydrogen-bond acceptors (Lipinski definition) is 5. The third kappa shape index (κ3) is 3.92. The van der Waals surface area contributed by atoms with E-state index in [0.29, 0.717) is 25.0 Å². The van der Waals surface area contributed by atoms with Crippen molar-refractivity contribution in [1.82, 2.24) is 5.16 Å². The molecule has 1 aliphatic rings. The first kappa shape index (κ1) is 16.0. The van der Waals surface area contributed by atoms with Gasteiger partial charge in [-0.3, -0.25) is 0 Å². The van der Waals surface area contributed by atoms with E-state index in [1.54, 1.807) is 6.20 Å². The van der Waals surface area contributed by atoms with E-state index >= 15 is 0 Å². The Morgan fingerprint density at radius 3 is 2.78 bits per heavy atom. The van der Waals surface area contributed by atoms with Crippen molar-refractivity contribution >= 4 is 5.88 Å². The minimum atomic E-state index is 0.0458. The van der Waals surface area contributed by atoms with Gasteiger partial charge in [-0.15, -0.1) is 0 Å². The summed E-state index contributed by atoms with van der Waals surface area (Å²) in [6.07, 6.45) is 2.90. The van der Waals surface area contributed by atoms with Gasteiger partial charge in [-0.25, -0.2) is 0 Å². The van der Waals surface area contributed by atoms with Crippen LogP contribution >= 0.6 is 0 Å². The predicted octanol–water partition coefficient (Wildman–Crippen LogP) is 3.49. The highest BCUT2D eigenvalue weighted by Gasteiger charge is 2.38. The monoisotopic (exact) mass is 316 g/mol. The third-order valence-electron chi connectivity index (χ3n) is 4.44. The lowest BCUT2D eigenvalue weighted by atomic mass is 9.88. The lowest BCUT2D eigenvalue weighted by Crippen LogP contribution is -2.52. The molecule has 5 nitrogen and oxygen atoms in total. The summed E-state index contributed by atoms with van der Waals surface area (Å²) >= 11 is 0. The Morgan fingerprint density at radius 2 is 2.09 bits per heavy atom. The number of anilines is 1. The number of benzene rings is 1. The van der Waals surface area contributed by atoms with Crippen molar-refractivity contribution in [2.24, 2.45) is 5.92 Å². The molecular weight excluding hydrogens is 292 g/mol. The SMILES string of the molecule is CC[C@H]1OC[C@@H](Nc2ccno2)[C@@H](OCc2ccccc2)[C@H]1C. The van der Waals surface area contributed by atoms with Gasteiger partial charge >= 0.3 is 0 Å². The zero-order valence-electron chi connectivity index (χ0n) is 13.6. The second kappa shape index (κ2) is 7.62. The molecule has 23 heavy (non-hydrogen) atoms. The van der Waals surface area contributed by atoms with Gasteiger partial charge in [0.25, 0.3) is 0 Å². The van der Waals surface area contributed by atoms with E-state index in [1.807, 2.05) is 24.3 Å². The molecule has 0 bridgehead atoms. The molecule has 3 rings (SSSR count). The van der Waals surface area contributed by atoms with Gasteiger partial charge < -0.3 is 19.3 Å². The van der Waals surface area contributed by atoms with E-state index in [1.165, 1.54) is 5.56 Å². The van der Waals surface area contributed by atoms with Crippen LogP contribution < -0.4 is 5.32 Å². The van der Waals surface area contributed by atoms with Gasteiger partial charge in [-0.1, -0.05) is 49.3 Å². The molecule has 0 radical (unpaired) electrons. The molecule has 2 aromatic rings. The molecule has 1 aromatic carbocycles. The number of hydrogen-bond donors (Lipinski definition) is 1. The summed E-state index contributed by atoms with van der Waals surface area (Å²) in [6.45, 7) is 5.54. The summed E-state index contributed by atoms with van der Waals surface area (Å²) in [5, 5.41) is 7.08. The molecule has 0 aliphatic carbocycles. The van der Waals surface area contributed by atoms with E-state index in [0.717, 1.165) is 6.42 Å². The van der Waals surface area contributed by atoms with Crippen LogP contribution in [-0.2, 0) is 16.1 Å². The Morgan fingerprint density at radius 1 is 1.26 bits per heavy atom. The van der Waals surface area contributed by atoms with Gasteiger partial charge in [-0.05, 0) is 12.0 Å². The number of nitrogens with one attached hydrogen (secondary N) is 1. The normalized spacial score (nSPS) is 27.7. The Bertz CT molecular complexity index is 573. The fraction of sp³-hybridized carbons (Fsp3) is 0.500. The van der Waals surface area contributed by atoms with Crippen LogP contribution in [0.5, 0.6) is 0 Å². The third-order valence-corrected chi connectivity index (χ3v) is 4.44. The van der Waals surface area contributed by atoms with Crippen molar-refractivity contribution in [2.45, 2.75) is 45.1 Å². The molecular formula is C18H24N2O3. The predicted molar refractivity (Wildman–Crippen MR) is 88.1 cm³/mol. The van der Waals surface area contributed by atoms with Crippen molar-refractivity contribution in [3.8, 4) is 0 Å². The number of rotatable bonds is 6. The Kier molecular flexibility index (Phi) is 5.31. The van der Waals surface area contributed by atoms with Gasteiger partial charge in [0.05, 0.1) is 37.7 Å². The first-order chi connectivity index (χ1) is 11.3. The van der Waals surface area contributed by atoms with E-state index in [-0.39, 0.29) is 18.2 Å². The lowest BCUT2D eigenvalue weighted by molar-refractivity contribution is -0.124. The Labute approximate surface area is 137 Å². The Balaban J connectivity index is 1.69. The standard InChI is InChI=1S/C18H24N2O3/c1-3-16-13(2)18(22-11-14-7-5-4-6-8-14)15(12-21-16)20-17-9-10-19-23-17/h4-10,13,15-16,18,20H,3,11-12H2,1-2H3/t13-,15+,16+,18-/m0/s1. The van der Waals surface area contributed by atoms with Crippen LogP contribution in [0.1, 0.15) is 25.8 Å². The molecule has 124 valence electrons. The second-order valence-electron chi connectivity index (χ2n) is 6.03. The zero-order chi connectivity index (χ0) is 16.1. The zero-order valence-corrected chi connectivity index (χ0v) is 13.6. The van der Waals surface area contributed by atoms with Crippen molar-refractivity contribution in [2.75, 3.05) is 11.9 Å². The topological polar surface area (TPSA) is 56.5 Å². The highest BCUT2D eigenvalue weighted by Crippen LogP contribution is 2.28. The van der Waals surface area contributed by atoms with Crippen molar-refractivity contribution < 1.29 is 14.0 Å². The van der Waals surface area contributed by atoms with Gasteiger partial charge in [-0.2, -0.15) is 0 Å². The number of aromatic nitrogens is 1. The van der Waals surface area contributed by atoms with E-state index in [4.69, 9.17) is 14.0 Å². The molecule has 1 aliphatic heterocycles. The minimum absolute atomic E-state index is 0.0458. The fourth-order valence-corrected chi connectivity index (χ4v) is 3.17. The molecule has 1 saturated heterocycles. The highest BCUT2D eigenvalue weighted by atomic mass is 16.5. The van der Waals surface area contributed by atoms with Crippen LogP contribution in [-0.4, -0.2) is 30.0 Å². The lowest BCUT2D eigenvalue weighted by Gasteiger charge is -2.41. The van der Waals surface area contributed by atoms with E-state index in [9.17, 15) is 0 Å². The van der Waals surface area contributed by atoms with E-state index < -0.39 is 0 Å². The molecule has 0 amide bonds. The molecule has 0 unspecified atom stereocenters. The maximum atomic E-state index is 6.27. The second-order valence-corrected chi connectivity index (χ2v) is 6.03. The molecule has 5 heteroatoms. The maximum Gasteiger partial charge on any atom is 0.224 e. The van der Waals surface area contributed by atoms with Gasteiger partial charge in [0.15, 0.2) is 0 Å². The molecule has 0 spiro atoms. The first-order valence-corrected chi connectivity index (χ1v) is 8.22. The average Bonchev–Trinajstić information content (AvgIpc) is 3.09. The minimum Gasteiger partial charge on any atom is -0.376 e. The molecule has 0 saturated carbocycles. The molecule has 1 fully saturated rings. The van der Waals surface area contributed by atoms with Crippen LogP contribution in [0, 0.1) is 5.92 Å². The van der Waals surface area contributed by atoms with E-state index in [2.05, 4.69) is 36.5 Å². The van der Waals surface area contributed by atoms with Gasteiger partial charge in [0.1, 0.15) is 0 Å². The summed E-state index contributed by atoms with van der Waals surface area (Å²) in [7, 11) is 0. The van der Waals surface area contributed by atoms with Crippen LogP contribution in [0.3, 0.4) is 0 Å². The quantitative estimate of drug-likeness (QED) is 0.884. The van der Waals surface area contributed by atoms with Crippen LogP contribution in [0.15, 0.2) is 47.1 Å². The van der Waals surface area contributed by atoms with Gasteiger partial charge in [0.2, 0.25) is 5.88 Å². The highest BCUT2D eigenvalue weighted by molar-refractivity contribution is 5.30. The number of ether oxygens (including phenoxy) is 2. The molecule has 1 N–H and O–H groups in total. The molecule has 2 heterocycles. The van der Waals surface area contributed by atoms with Crippen molar-refractivity contribution in [3.63, 3.8) is 0 Å². The summed E-state index contributed by atoms with van der Waals surface area (Å²) in [6, 6.07) is 12.1. The van der Waals surface area contributed by atoms with Crippen LogP contribution in [0.2, 0.25) is 0 Å². The largest absolute Gasteiger partial charge is 0.376 e. The fourth-order valence-electron chi connectivity index (χ4n) is 3.17. The summed E-state index contributed by atoms with van der Waals surface area (Å²) in [5.41, 5.74) is 1.18. The van der Waals surface area contributed by atoms with Crippen molar-refractivity contribution in [3.05, 3.63) is 48.2 Å². The van der Waals surface area contributed by atoms with Crippen molar-refractivity contribution in [1.29, 1.82) is 0 Å². The first-order valence-electron chi connectivity index (χ1n) is 8.22. The van der Waals surface area contributed by atoms with Crippen LogP contribution in [0.25, 0.3) is 0 Å². The Hall–Kier alpha value is -1.85. The summed E-state index contributed by atoms with van der Waals surface area (Å²) in [4.78, 5) is 0. The summed E-state index contributed by atoms with van der Waals surface area (Å²) < 4.78 is 17.4. The van der Waals surface area contributed by atoms with Crippen LogP contribution in [0.4, 0.5) is 5.88 Å². The average molecular weight is 316 g/mol. The maximum absolute atomic E-state index is 6.27.